The number of likely N-dealkylation sites (N-methyl/N-ethyl adjacent to an activating group) is 2. The van der Waals surface area contributed by atoms with Gasteiger partial charge in [0, 0.05) is 120 Å². The van der Waals surface area contributed by atoms with Crippen LogP contribution in [0.4, 0.5) is 21.0 Å². The molecule has 2 aliphatic heterocycles. The first-order valence-corrected chi connectivity index (χ1v) is 27.1. The number of fused-ring (bicyclic) bond motifs is 6. The second-order valence-electron chi connectivity index (χ2n) is 17.6. The van der Waals surface area contributed by atoms with E-state index >= 15 is 0 Å². The van der Waals surface area contributed by atoms with Gasteiger partial charge in [-0.15, -0.1) is 13.2 Å². The number of nitrogens with one attached hydrogen (secondary N) is 1. The normalized spacial score (nSPS) is 14.8. The van der Waals surface area contributed by atoms with Crippen LogP contribution in [0.2, 0.25) is 51.4 Å². The van der Waals surface area contributed by atoms with Crippen molar-refractivity contribution in [3.63, 3.8) is 0 Å². The molecule has 0 unspecified atom stereocenters. The highest BCUT2D eigenvalue weighted by molar-refractivity contribution is 6.76. The largest absolute Gasteiger partial charge is 0.450 e. The molecule has 0 saturated heterocycles. The topological polar surface area (TPSA) is 84.2 Å². The number of hydrogen-bond donors (Lipinski definition) is 1. The Morgan fingerprint density at radius 3 is 1.76 bits per heavy atom. The molecular weight excluding hydrogens is 721 g/mol. The first-order valence-electron chi connectivity index (χ1n) is 19.7. The lowest BCUT2D eigenvalue weighted by Gasteiger charge is -2.24. The van der Waals surface area contributed by atoms with E-state index in [9.17, 15) is 9.59 Å². The lowest BCUT2D eigenvalue weighted by molar-refractivity contribution is 0.160. The van der Waals surface area contributed by atoms with Crippen LogP contribution in [0.3, 0.4) is 0 Å². The maximum atomic E-state index is 12.5. The molecule has 0 aliphatic carbocycles. The van der Waals surface area contributed by atoms with E-state index in [0.29, 0.717) is 13.2 Å². The summed E-state index contributed by atoms with van der Waals surface area (Å²) in [4.78, 5) is 30.9. The predicted molar refractivity (Wildman–Crippen MR) is 235 cm³/mol. The average molecular weight is 785 g/mol. The van der Waals surface area contributed by atoms with Crippen molar-refractivity contribution in [3.05, 3.63) is 84.2 Å². The van der Waals surface area contributed by atoms with Crippen LogP contribution in [0.15, 0.2) is 61.7 Å². The van der Waals surface area contributed by atoms with Crippen LogP contribution >= 0.6 is 0 Å². The summed E-state index contributed by atoms with van der Waals surface area (Å²) < 4.78 is 15.6. The van der Waals surface area contributed by atoms with Crippen LogP contribution in [0.5, 0.6) is 0 Å². The van der Waals surface area contributed by atoms with Gasteiger partial charge >= 0.3 is 12.2 Å². The van der Waals surface area contributed by atoms with Crippen molar-refractivity contribution in [2.45, 2.75) is 90.4 Å². The predicted octanol–water partition coefficient (Wildman–Crippen LogP) is 9.43. The van der Waals surface area contributed by atoms with Crippen molar-refractivity contribution in [1.29, 1.82) is 0 Å². The standard InChI is InChI=1S/C22H33N3O2Si.C21H31N3O2Si/c1-7-11-25-20-9-8-17(24(3)22(26)27-13-14-28(4,5)6)15-18(20)19-16-23(2)12-10-21(19)25;1-6-10-24-19-8-7-16(22-21(25)26-12-13-27(3,4)5)14-17(19)18-15-23(2)11-9-20(18)24/h7-9,15H,1,10-14,16H2,2-6H3;6-8,14H,1,9-13,15H2,2-5H3,(H,22,25). The number of ether oxygens (including phenoxy) is 2. The Balaban J connectivity index is 0.000000211. The molecule has 55 heavy (non-hydrogen) atoms. The Labute approximate surface area is 330 Å². The minimum Gasteiger partial charge on any atom is -0.450 e. The van der Waals surface area contributed by atoms with E-state index in [0.717, 1.165) is 75.6 Å². The summed E-state index contributed by atoms with van der Waals surface area (Å²) in [6.45, 7) is 28.1. The van der Waals surface area contributed by atoms with Crippen LogP contribution < -0.4 is 10.2 Å². The van der Waals surface area contributed by atoms with Gasteiger partial charge in [-0.1, -0.05) is 51.4 Å². The van der Waals surface area contributed by atoms with Gasteiger partial charge in [0.15, 0.2) is 0 Å². The molecule has 0 fully saturated rings. The third kappa shape index (κ3) is 10.6. The molecule has 2 aliphatic rings. The van der Waals surface area contributed by atoms with Gasteiger partial charge in [0.2, 0.25) is 0 Å². The van der Waals surface area contributed by atoms with Crippen molar-refractivity contribution in [1.82, 2.24) is 18.9 Å². The molecule has 10 nitrogen and oxygen atoms in total. The minimum atomic E-state index is -1.21. The Kier molecular flexibility index (Phi) is 13.6. The van der Waals surface area contributed by atoms with Crippen LogP contribution in [0, 0.1) is 0 Å². The van der Waals surface area contributed by atoms with E-state index in [-0.39, 0.29) is 12.2 Å². The lowest BCUT2D eigenvalue weighted by Crippen LogP contribution is -2.29. The first-order chi connectivity index (χ1) is 26.0. The zero-order chi connectivity index (χ0) is 40.1. The van der Waals surface area contributed by atoms with Gasteiger partial charge < -0.3 is 28.4 Å². The van der Waals surface area contributed by atoms with Gasteiger partial charge in [-0.3, -0.25) is 10.2 Å². The first kappa shape index (κ1) is 42.0. The van der Waals surface area contributed by atoms with Gasteiger partial charge in [0.05, 0.1) is 13.2 Å². The minimum absolute atomic E-state index is 0.283. The third-order valence-corrected chi connectivity index (χ3v) is 14.0. The molecule has 2 aromatic carbocycles. The van der Waals surface area contributed by atoms with Gasteiger partial charge in [0.1, 0.15) is 0 Å². The molecule has 0 spiro atoms. The summed E-state index contributed by atoms with van der Waals surface area (Å²) in [5.41, 5.74) is 9.58. The number of carbonyl (C=O) groups excluding carboxylic acids is 2. The van der Waals surface area contributed by atoms with Gasteiger partial charge in [-0.05, 0) is 73.7 Å². The zero-order valence-electron chi connectivity index (χ0n) is 34.9. The molecule has 6 rings (SSSR count). The van der Waals surface area contributed by atoms with Gasteiger partial charge in [0.25, 0.3) is 0 Å². The SMILES string of the molecule is C=CCn1c2c(c3cc(N(C)C(=O)OCC[Si](C)(C)C)ccc31)CN(C)CC2.C=CCn1c2c(c3cc(NC(=O)OCC[Si](C)(C)C)ccc31)CN(C)CC2. The van der Waals surface area contributed by atoms with E-state index in [1.165, 1.54) is 44.3 Å². The summed E-state index contributed by atoms with van der Waals surface area (Å²) in [7, 11) is 3.68. The summed E-state index contributed by atoms with van der Waals surface area (Å²) in [5.74, 6) is 0. The van der Waals surface area contributed by atoms with Crippen molar-refractivity contribution in [3.8, 4) is 0 Å². The van der Waals surface area contributed by atoms with E-state index in [2.05, 4.69) is 115 Å². The van der Waals surface area contributed by atoms with Crippen molar-refractivity contribution >= 4 is 61.5 Å². The van der Waals surface area contributed by atoms with E-state index in [4.69, 9.17) is 9.47 Å². The number of hydrogen-bond acceptors (Lipinski definition) is 6. The molecule has 4 heterocycles. The number of allylic oxidation sites excluding steroid dienone is 2. The summed E-state index contributed by atoms with van der Waals surface area (Å²) >= 11 is 0. The Morgan fingerprint density at radius 2 is 1.25 bits per heavy atom. The molecule has 12 heteroatoms. The Hall–Kier alpha value is -4.11. The Bertz CT molecular complexity index is 2020. The average Bonchev–Trinajstić information content (AvgIpc) is 3.57. The number of aromatic nitrogens is 2. The molecule has 4 aromatic rings. The fourth-order valence-electron chi connectivity index (χ4n) is 7.37. The van der Waals surface area contributed by atoms with Crippen LogP contribution in [0.25, 0.3) is 21.8 Å². The zero-order valence-corrected chi connectivity index (χ0v) is 36.9. The number of carbonyl (C=O) groups is 2. The molecule has 0 radical (unpaired) electrons. The molecule has 1 N–H and O–H groups in total. The molecular formula is C43H64N6O4Si2. The Morgan fingerprint density at radius 1 is 0.764 bits per heavy atom. The van der Waals surface area contributed by atoms with Gasteiger partial charge in [-0.2, -0.15) is 0 Å². The van der Waals surface area contributed by atoms with Crippen molar-refractivity contribution < 1.29 is 19.1 Å². The highest BCUT2D eigenvalue weighted by atomic mass is 28.3. The summed E-state index contributed by atoms with van der Waals surface area (Å²) in [6, 6.07) is 14.3. The molecule has 298 valence electrons. The van der Waals surface area contributed by atoms with Crippen molar-refractivity contribution in [2.75, 3.05) is 57.7 Å². The highest BCUT2D eigenvalue weighted by Crippen LogP contribution is 2.34. The molecule has 2 amide bonds. The molecule has 0 atom stereocenters. The summed E-state index contributed by atoms with van der Waals surface area (Å²) in [6.07, 6.45) is 5.32. The maximum Gasteiger partial charge on any atom is 0.413 e. The third-order valence-electron chi connectivity index (χ3n) is 10.6. The second kappa shape index (κ2) is 17.8. The number of benzene rings is 2. The van der Waals surface area contributed by atoms with Crippen LogP contribution in [0.1, 0.15) is 22.5 Å². The van der Waals surface area contributed by atoms with E-state index < -0.39 is 16.1 Å². The summed E-state index contributed by atoms with van der Waals surface area (Å²) in [5, 5.41) is 5.32. The quantitative estimate of drug-likeness (QED) is 0.114. The van der Waals surface area contributed by atoms with Crippen LogP contribution in [-0.2, 0) is 48.5 Å². The van der Waals surface area contributed by atoms with Crippen molar-refractivity contribution in [2.24, 2.45) is 0 Å². The number of rotatable bonds is 12. The van der Waals surface area contributed by atoms with E-state index in [1.54, 1.807) is 11.9 Å². The number of amides is 2. The maximum absolute atomic E-state index is 12.5. The van der Waals surface area contributed by atoms with Gasteiger partial charge in [-0.25, -0.2) is 9.59 Å². The van der Waals surface area contributed by atoms with Crippen LogP contribution in [-0.4, -0.2) is 94.7 Å². The molecule has 2 aromatic heterocycles. The highest BCUT2D eigenvalue weighted by Gasteiger charge is 2.25. The fraction of sp³-hybridized carbons (Fsp3) is 0.488. The smallest absolute Gasteiger partial charge is 0.413 e. The number of nitrogens with zero attached hydrogens (tertiary/aromatic N) is 5. The number of anilines is 2. The molecule has 0 saturated carbocycles. The fourth-order valence-corrected chi connectivity index (χ4v) is 8.80. The van der Waals surface area contributed by atoms with E-state index in [1.807, 2.05) is 24.3 Å². The second-order valence-corrected chi connectivity index (χ2v) is 28.9. The monoisotopic (exact) mass is 784 g/mol. The lowest BCUT2D eigenvalue weighted by atomic mass is 10.0. The molecule has 0 bridgehead atoms.